The molecule has 1 saturated heterocycles. The van der Waals surface area contributed by atoms with Crippen LogP contribution in [0.4, 0.5) is 26.3 Å². The molecule has 27 heavy (non-hydrogen) atoms. The van der Waals surface area contributed by atoms with Crippen LogP contribution in [0.1, 0.15) is 52.6 Å². The fraction of sp³-hybridized carbons (Fsp3) is 0.400. The summed E-state index contributed by atoms with van der Waals surface area (Å²) in [6, 6.07) is 9.54. The Morgan fingerprint density at radius 2 is 1.41 bits per heavy atom. The van der Waals surface area contributed by atoms with Gasteiger partial charge >= 0.3 is 12.4 Å². The Morgan fingerprint density at radius 3 is 2.00 bits per heavy atom. The summed E-state index contributed by atoms with van der Waals surface area (Å²) in [4.78, 5) is 2.17. The van der Waals surface area contributed by atoms with Crippen molar-refractivity contribution in [3.05, 3.63) is 70.3 Å². The number of fused-ring (bicyclic) bond motifs is 3. The van der Waals surface area contributed by atoms with Crippen LogP contribution in [0.3, 0.4) is 0 Å². The molecule has 144 valence electrons. The van der Waals surface area contributed by atoms with Crippen molar-refractivity contribution in [3.63, 3.8) is 0 Å². The molecule has 0 N–H and O–H groups in total. The van der Waals surface area contributed by atoms with E-state index in [-0.39, 0.29) is 17.7 Å². The van der Waals surface area contributed by atoms with Crippen LogP contribution in [0, 0.1) is 0 Å². The summed E-state index contributed by atoms with van der Waals surface area (Å²) in [5.41, 5.74) is -0.609. The minimum Gasteiger partial charge on any atom is -0.295 e. The van der Waals surface area contributed by atoms with E-state index in [2.05, 4.69) is 4.90 Å². The maximum Gasteiger partial charge on any atom is 0.416 e. The van der Waals surface area contributed by atoms with Gasteiger partial charge in [0.05, 0.1) is 11.1 Å². The van der Waals surface area contributed by atoms with Gasteiger partial charge in [-0.15, -0.1) is 0 Å². The highest BCUT2D eigenvalue weighted by molar-refractivity contribution is 5.45. The third-order valence-corrected chi connectivity index (χ3v) is 5.52. The van der Waals surface area contributed by atoms with E-state index in [1.54, 1.807) is 6.07 Å². The molecule has 2 aromatic rings. The van der Waals surface area contributed by atoms with Crippen molar-refractivity contribution in [2.75, 3.05) is 13.1 Å². The third-order valence-electron chi connectivity index (χ3n) is 5.52. The standard InChI is InChI=1S/C20H17F6N/c21-19(22,23)13-8-12(9-14(10-13)20(24,25)26)17-11-27-7-3-6-18(27)16-5-2-1-4-15(16)17/h1-2,4-5,8-10,17-18H,3,6-7,11H2/t17-,18+/m0/s1. The van der Waals surface area contributed by atoms with Gasteiger partial charge in [0.1, 0.15) is 0 Å². The van der Waals surface area contributed by atoms with Crippen LogP contribution >= 0.6 is 0 Å². The number of nitrogens with zero attached hydrogens (tertiary/aromatic N) is 1. The molecule has 2 atom stereocenters. The van der Waals surface area contributed by atoms with Crippen molar-refractivity contribution in [3.8, 4) is 0 Å². The highest BCUT2D eigenvalue weighted by Crippen LogP contribution is 2.46. The zero-order valence-electron chi connectivity index (χ0n) is 14.2. The summed E-state index contributed by atoms with van der Waals surface area (Å²) in [7, 11) is 0. The molecular weight excluding hydrogens is 368 g/mol. The Hall–Kier alpha value is -2.02. The van der Waals surface area contributed by atoms with Gasteiger partial charge in [-0.25, -0.2) is 0 Å². The lowest BCUT2D eigenvalue weighted by Gasteiger charge is -2.37. The molecule has 2 aliphatic rings. The van der Waals surface area contributed by atoms with Crippen molar-refractivity contribution in [1.29, 1.82) is 0 Å². The van der Waals surface area contributed by atoms with Crippen molar-refractivity contribution in [1.82, 2.24) is 4.90 Å². The van der Waals surface area contributed by atoms with Gasteiger partial charge in [0.15, 0.2) is 0 Å². The molecule has 0 amide bonds. The molecule has 2 heterocycles. The Labute approximate surface area is 152 Å². The summed E-state index contributed by atoms with van der Waals surface area (Å²) in [5.74, 6) is -0.515. The largest absolute Gasteiger partial charge is 0.416 e. The SMILES string of the molecule is FC(F)(F)c1cc([C@@H]2CN3CCC[C@@H]3c3ccccc32)cc(C(F)(F)F)c1. The van der Waals surface area contributed by atoms with E-state index in [1.165, 1.54) is 0 Å². The molecule has 0 unspecified atom stereocenters. The summed E-state index contributed by atoms with van der Waals surface area (Å²) >= 11 is 0. The first-order valence-corrected chi connectivity index (χ1v) is 8.77. The first-order valence-electron chi connectivity index (χ1n) is 8.77. The van der Waals surface area contributed by atoms with Crippen molar-refractivity contribution < 1.29 is 26.3 Å². The van der Waals surface area contributed by atoms with Gasteiger partial charge in [-0.05, 0) is 54.3 Å². The number of rotatable bonds is 1. The Bertz CT molecular complexity index is 822. The average molecular weight is 385 g/mol. The average Bonchev–Trinajstić information content (AvgIpc) is 3.08. The van der Waals surface area contributed by atoms with Crippen LogP contribution in [-0.4, -0.2) is 18.0 Å². The summed E-state index contributed by atoms with van der Waals surface area (Å²) in [6.45, 7) is 1.24. The van der Waals surface area contributed by atoms with Gasteiger partial charge in [0.2, 0.25) is 0 Å². The molecule has 0 saturated carbocycles. The van der Waals surface area contributed by atoms with E-state index in [1.807, 2.05) is 18.2 Å². The van der Waals surface area contributed by atoms with E-state index in [0.717, 1.165) is 42.6 Å². The fourth-order valence-electron chi connectivity index (χ4n) is 4.33. The molecule has 0 aromatic heterocycles. The van der Waals surface area contributed by atoms with Gasteiger partial charge in [-0.2, -0.15) is 26.3 Å². The normalized spacial score (nSPS) is 23.2. The van der Waals surface area contributed by atoms with Crippen molar-refractivity contribution >= 4 is 0 Å². The fourth-order valence-corrected chi connectivity index (χ4v) is 4.33. The van der Waals surface area contributed by atoms with Crippen molar-refractivity contribution in [2.24, 2.45) is 0 Å². The third kappa shape index (κ3) is 3.33. The second-order valence-corrected chi connectivity index (χ2v) is 7.17. The number of halogens is 6. The van der Waals surface area contributed by atoms with Gasteiger partial charge in [0, 0.05) is 18.5 Å². The molecule has 2 aromatic carbocycles. The number of benzene rings is 2. The predicted octanol–water partition coefficient (Wildman–Crippen LogP) is 6.01. The van der Waals surface area contributed by atoms with Gasteiger partial charge in [-0.3, -0.25) is 4.90 Å². The molecule has 7 heteroatoms. The maximum absolute atomic E-state index is 13.2. The summed E-state index contributed by atoms with van der Waals surface area (Å²) in [6.07, 6.45) is -7.73. The first-order chi connectivity index (χ1) is 12.6. The maximum atomic E-state index is 13.2. The monoisotopic (exact) mass is 385 g/mol. The molecule has 0 aliphatic carbocycles. The lowest BCUT2D eigenvalue weighted by molar-refractivity contribution is -0.143. The van der Waals surface area contributed by atoms with Gasteiger partial charge in [0.25, 0.3) is 0 Å². The molecule has 0 bridgehead atoms. The molecule has 0 spiro atoms. The topological polar surface area (TPSA) is 3.24 Å². The van der Waals surface area contributed by atoms with Crippen LogP contribution in [0.15, 0.2) is 42.5 Å². The zero-order chi connectivity index (χ0) is 19.4. The van der Waals surface area contributed by atoms with Crippen LogP contribution in [0.2, 0.25) is 0 Å². The smallest absolute Gasteiger partial charge is 0.295 e. The molecule has 1 nitrogen and oxygen atoms in total. The van der Waals surface area contributed by atoms with Crippen LogP contribution < -0.4 is 0 Å². The lowest BCUT2D eigenvalue weighted by Crippen LogP contribution is -2.34. The zero-order valence-corrected chi connectivity index (χ0v) is 14.2. The van der Waals surface area contributed by atoms with Crippen LogP contribution in [0.5, 0.6) is 0 Å². The van der Waals surface area contributed by atoms with E-state index in [0.29, 0.717) is 6.54 Å². The second kappa shape index (κ2) is 6.26. The highest BCUT2D eigenvalue weighted by atomic mass is 19.4. The molecule has 0 radical (unpaired) electrons. The van der Waals surface area contributed by atoms with Crippen LogP contribution in [0.25, 0.3) is 0 Å². The second-order valence-electron chi connectivity index (χ2n) is 7.17. The first kappa shape index (κ1) is 18.3. The quantitative estimate of drug-likeness (QED) is 0.544. The Balaban J connectivity index is 1.87. The summed E-state index contributed by atoms with van der Waals surface area (Å²) in [5, 5.41) is 0. The van der Waals surface area contributed by atoms with E-state index >= 15 is 0 Å². The molecule has 2 aliphatic heterocycles. The Kier molecular flexibility index (Phi) is 4.25. The van der Waals surface area contributed by atoms with E-state index in [9.17, 15) is 26.3 Å². The van der Waals surface area contributed by atoms with E-state index < -0.39 is 29.4 Å². The van der Waals surface area contributed by atoms with E-state index in [4.69, 9.17) is 0 Å². The highest BCUT2D eigenvalue weighted by Gasteiger charge is 2.40. The minimum absolute atomic E-state index is 0.0648. The summed E-state index contributed by atoms with van der Waals surface area (Å²) < 4.78 is 79.4. The molecule has 1 fully saturated rings. The van der Waals surface area contributed by atoms with Gasteiger partial charge in [-0.1, -0.05) is 24.3 Å². The van der Waals surface area contributed by atoms with Gasteiger partial charge < -0.3 is 0 Å². The molecular formula is C20H17F6N. The lowest BCUT2D eigenvalue weighted by atomic mass is 9.81. The number of alkyl halides is 6. The van der Waals surface area contributed by atoms with Crippen LogP contribution in [-0.2, 0) is 12.4 Å². The Morgan fingerprint density at radius 1 is 0.815 bits per heavy atom. The number of hydrogen-bond acceptors (Lipinski definition) is 1. The predicted molar refractivity (Wildman–Crippen MR) is 88.3 cm³/mol. The minimum atomic E-state index is -4.83. The number of hydrogen-bond donors (Lipinski definition) is 0. The van der Waals surface area contributed by atoms with Crippen molar-refractivity contribution in [2.45, 2.75) is 37.2 Å². The molecule has 4 rings (SSSR count).